The van der Waals surface area contributed by atoms with Crippen LogP contribution in [0, 0.1) is 0 Å². The van der Waals surface area contributed by atoms with Crippen LogP contribution in [0.15, 0.2) is 5.10 Å². The van der Waals surface area contributed by atoms with Crippen molar-refractivity contribution in [1.29, 1.82) is 0 Å². The van der Waals surface area contributed by atoms with Crippen LogP contribution in [-0.2, 0) is 0 Å². The molecule has 0 atom stereocenters. The van der Waals surface area contributed by atoms with Crippen LogP contribution in [0.1, 0.15) is 20.3 Å². The van der Waals surface area contributed by atoms with E-state index in [0.717, 1.165) is 6.42 Å². The second-order valence-electron chi connectivity index (χ2n) is 2.04. The second kappa shape index (κ2) is 3.47. The lowest BCUT2D eigenvalue weighted by Crippen LogP contribution is -2.05. The molecule has 48 valence electrons. The standard InChI is InChI=1S/C6H14N2/c1-5-6(2)7-8(3)4/h5H2,1-4H3/b7-6+. The highest BCUT2D eigenvalue weighted by molar-refractivity contribution is 5.81. The van der Waals surface area contributed by atoms with E-state index in [-0.39, 0.29) is 0 Å². The molecule has 0 saturated heterocycles. The van der Waals surface area contributed by atoms with Crippen molar-refractivity contribution in [2.45, 2.75) is 20.3 Å². The lowest BCUT2D eigenvalue weighted by atomic mass is 10.3. The number of rotatable bonds is 2. The van der Waals surface area contributed by atoms with Gasteiger partial charge in [0.2, 0.25) is 0 Å². The van der Waals surface area contributed by atoms with Gasteiger partial charge in [-0.05, 0) is 13.3 Å². The quantitative estimate of drug-likeness (QED) is 0.390. The molecule has 0 amide bonds. The molecule has 2 nitrogen and oxygen atoms in total. The molecule has 0 aromatic carbocycles. The van der Waals surface area contributed by atoms with Gasteiger partial charge in [0.1, 0.15) is 0 Å². The van der Waals surface area contributed by atoms with Crippen molar-refractivity contribution in [2.75, 3.05) is 14.1 Å². The Bertz CT molecular complexity index is 84.5. The molecular formula is C6H14N2. The normalized spacial score (nSPS) is 11.8. The molecule has 0 N–H and O–H groups in total. The summed E-state index contributed by atoms with van der Waals surface area (Å²) in [5.74, 6) is 0. The maximum Gasteiger partial charge on any atom is 0.0346 e. The molecule has 0 heterocycles. The van der Waals surface area contributed by atoms with Gasteiger partial charge in [0, 0.05) is 19.8 Å². The maximum absolute atomic E-state index is 4.15. The van der Waals surface area contributed by atoms with Gasteiger partial charge in [0.25, 0.3) is 0 Å². The zero-order chi connectivity index (χ0) is 6.57. The van der Waals surface area contributed by atoms with Crippen LogP contribution in [0.2, 0.25) is 0 Å². The SMILES string of the molecule is CC/C(C)=N/N(C)C. The largest absolute Gasteiger partial charge is 0.303 e. The van der Waals surface area contributed by atoms with E-state index in [1.807, 2.05) is 26.0 Å². The Labute approximate surface area is 51.2 Å². The zero-order valence-corrected chi connectivity index (χ0v) is 6.10. The Morgan fingerprint density at radius 1 is 1.50 bits per heavy atom. The molecule has 2 heteroatoms. The van der Waals surface area contributed by atoms with Crippen LogP contribution >= 0.6 is 0 Å². The van der Waals surface area contributed by atoms with Crippen molar-refractivity contribution in [1.82, 2.24) is 5.01 Å². The van der Waals surface area contributed by atoms with Gasteiger partial charge in [-0.3, -0.25) is 0 Å². The number of nitrogens with zero attached hydrogens (tertiary/aromatic N) is 2. The zero-order valence-electron chi connectivity index (χ0n) is 6.10. The molecule has 0 bridgehead atoms. The van der Waals surface area contributed by atoms with Gasteiger partial charge in [-0.1, -0.05) is 6.92 Å². The van der Waals surface area contributed by atoms with Crippen molar-refractivity contribution in [2.24, 2.45) is 5.10 Å². The summed E-state index contributed by atoms with van der Waals surface area (Å²) in [5.41, 5.74) is 1.18. The summed E-state index contributed by atoms with van der Waals surface area (Å²) in [6, 6.07) is 0. The first kappa shape index (κ1) is 7.47. The summed E-state index contributed by atoms with van der Waals surface area (Å²) in [4.78, 5) is 0. The highest BCUT2D eigenvalue weighted by Gasteiger charge is 1.83. The third kappa shape index (κ3) is 3.65. The Morgan fingerprint density at radius 3 is 2.12 bits per heavy atom. The van der Waals surface area contributed by atoms with E-state index in [9.17, 15) is 0 Å². The molecule has 0 fully saturated rings. The van der Waals surface area contributed by atoms with E-state index < -0.39 is 0 Å². The van der Waals surface area contributed by atoms with E-state index in [0.29, 0.717) is 0 Å². The number of hydrazone groups is 1. The fourth-order valence-electron chi connectivity index (χ4n) is 0.412. The van der Waals surface area contributed by atoms with Crippen LogP contribution < -0.4 is 0 Å². The molecule has 0 radical (unpaired) electrons. The van der Waals surface area contributed by atoms with Gasteiger partial charge in [-0.15, -0.1) is 0 Å². The smallest absolute Gasteiger partial charge is 0.0346 e. The molecule has 0 unspecified atom stereocenters. The van der Waals surface area contributed by atoms with Gasteiger partial charge in [-0.2, -0.15) is 5.10 Å². The third-order valence-electron chi connectivity index (χ3n) is 0.882. The average molecular weight is 114 g/mol. The molecule has 0 aromatic heterocycles. The Hall–Kier alpha value is -0.530. The summed E-state index contributed by atoms with van der Waals surface area (Å²) in [6.45, 7) is 4.13. The minimum absolute atomic E-state index is 1.04. The summed E-state index contributed by atoms with van der Waals surface area (Å²) in [7, 11) is 3.86. The van der Waals surface area contributed by atoms with Gasteiger partial charge in [0.05, 0.1) is 0 Å². The van der Waals surface area contributed by atoms with E-state index in [1.54, 1.807) is 0 Å². The molecule has 0 aliphatic heterocycles. The first-order chi connectivity index (χ1) is 3.66. The monoisotopic (exact) mass is 114 g/mol. The Morgan fingerprint density at radius 2 is 2.00 bits per heavy atom. The van der Waals surface area contributed by atoms with Crippen molar-refractivity contribution >= 4 is 5.71 Å². The predicted molar refractivity (Wildman–Crippen MR) is 37.1 cm³/mol. The van der Waals surface area contributed by atoms with Crippen LogP contribution in [0.25, 0.3) is 0 Å². The second-order valence-corrected chi connectivity index (χ2v) is 2.04. The molecule has 8 heavy (non-hydrogen) atoms. The van der Waals surface area contributed by atoms with Gasteiger partial charge in [0.15, 0.2) is 0 Å². The van der Waals surface area contributed by atoms with Crippen LogP contribution in [0.5, 0.6) is 0 Å². The topological polar surface area (TPSA) is 15.6 Å². The predicted octanol–water partition coefficient (Wildman–Crippen LogP) is 1.33. The highest BCUT2D eigenvalue weighted by atomic mass is 15.4. The first-order valence-corrected chi connectivity index (χ1v) is 2.88. The average Bonchev–Trinajstić information content (AvgIpc) is 1.65. The Kier molecular flexibility index (Phi) is 3.24. The van der Waals surface area contributed by atoms with E-state index in [4.69, 9.17) is 0 Å². The fourth-order valence-corrected chi connectivity index (χ4v) is 0.412. The number of hydrogen-bond donors (Lipinski definition) is 0. The highest BCUT2D eigenvalue weighted by Crippen LogP contribution is 1.84. The lowest BCUT2D eigenvalue weighted by molar-refractivity contribution is 0.436. The summed E-state index contributed by atoms with van der Waals surface area (Å²) in [5, 5.41) is 5.96. The Balaban J connectivity index is 3.56. The minimum atomic E-state index is 1.04. The molecule has 0 aliphatic carbocycles. The number of hydrogen-bond acceptors (Lipinski definition) is 2. The molecule has 0 rings (SSSR count). The van der Waals surface area contributed by atoms with Crippen LogP contribution in [-0.4, -0.2) is 24.8 Å². The van der Waals surface area contributed by atoms with Crippen molar-refractivity contribution in [3.63, 3.8) is 0 Å². The van der Waals surface area contributed by atoms with Crippen molar-refractivity contribution < 1.29 is 0 Å². The van der Waals surface area contributed by atoms with Crippen molar-refractivity contribution in [3.05, 3.63) is 0 Å². The van der Waals surface area contributed by atoms with Gasteiger partial charge in [-0.25, -0.2) is 0 Å². The first-order valence-electron chi connectivity index (χ1n) is 2.88. The van der Waals surface area contributed by atoms with E-state index in [1.165, 1.54) is 5.71 Å². The molecular weight excluding hydrogens is 100 g/mol. The maximum atomic E-state index is 4.15. The summed E-state index contributed by atoms with van der Waals surface area (Å²) in [6.07, 6.45) is 1.04. The van der Waals surface area contributed by atoms with Crippen LogP contribution in [0.3, 0.4) is 0 Å². The van der Waals surface area contributed by atoms with Gasteiger partial charge >= 0.3 is 0 Å². The molecule has 0 saturated carbocycles. The lowest BCUT2D eigenvalue weighted by Gasteiger charge is -2.04. The van der Waals surface area contributed by atoms with Crippen molar-refractivity contribution in [3.8, 4) is 0 Å². The summed E-state index contributed by atoms with van der Waals surface area (Å²) >= 11 is 0. The van der Waals surface area contributed by atoms with Gasteiger partial charge < -0.3 is 5.01 Å². The van der Waals surface area contributed by atoms with E-state index >= 15 is 0 Å². The van der Waals surface area contributed by atoms with Crippen LogP contribution in [0.4, 0.5) is 0 Å². The molecule has 0 aliphatic rings. The third-order valence-corrected chi connectivity index (χ3v) is 0.882. The molecule has 0 aromatic rings. The summed E-state index contributed by atoms with van der Waals surface area (Å²) < 4.78 is 0. The molecule has 0 spiro atoms. The van der Waals surface area contributed by atoms with E-state index in [2.05, 4.69) is 12.0 Å². The fraction of sp³-hybridized carbons (Fsp3) is 0.833. The minimum Gasteiger partial charge on any atom is -0.303 e.